The molecule has 2 rings (SSSR count). The first-order chi connectivity index (χ1) is 10.9. The van der Waals surface area contributed by atoms with Crippen LogP contribution >= 0.6 is 0 Å². The van der Waals surface area contributed by atoms with Crippen molar-refractivity contribution in [2.45, 2.75) is 13.0 Å². The SMILES string of the molecule is Cc1cc(NC(=O)NC(CO)c2cc(F)c(F)c(F)c2)ccn1. The highest BCUT2D eigenvalue weighted by Crippen LogP contribution is 2.19. The van der Waals surface area contributed by atoms with Crippen molar-refractivity contribution in [1.29, 1.82) is 0 Å². The third-order valence-electron chi connectivity index (χ3n) is 3.05. The molecule has 0 radical (unpaired) electrons. The number of aliphatic hydroxyl groups excluding tert-OH is 1. The first-order valence-corrected chi connectivity index (χ1v) is 6.66. The third-order valence-corrected chi connectivity index (χ3v) is 3.05. The number of benzene rings is 1. The molecule has 2 amide bonds. The number of nitrogens with zero attached hydrogens (tertiary/aromatic N) is 1. The second kappa shape index (κ2) is 7.10. The predicted octanol–water partition coefficient (Wildman–Crippen LogP) is 2.66. The van der Waals surface area contributed by atoms with E-state index < -0.39 is 36.1 Å². The fourth-order valence-electron chi connectivity index (χ4n) is 1.96. The monoisotopic (exact) mass is 325 g/mol. The molecule has 8 heteroatoms. The van der Waals surface area contributed by atoms with Gasteiger partial charge in [0, 0.05) is 17.6 Å². The molecule has 0 saturated heterocycles. The highest BCUT2D eigenvalue weighted by molar-refractivity contribution is 5.89. The number of rotatable bonds is 4. The van der Waals surface area contributed by atoms with Crippen molar-refractivity contribution in [2.75, 3.05) is 11.9 Å². The minimum Gasteiger partial charge on any atom is -0.394 e. The van der Waals surface area contributed by atoms with E-state index in [9.17, 15) is 23.1 Å². The number of aryl methyl sites for hydroxylation is 1. The molecule has 2 aromatic rings. The van der Waals surface area contributed by atoms with Crippen molar-refractivity contribution in [2.24, 2.45) is 0 Å². The van der Waals surface area contributed by atoms with Crippen LogP contribution in [0, 0.1) is 24.4 Å². The molecule has 0 spiro atoms. The summed E-state index contributed by atoms with van der Waals surface area (Å²) in [5.74, 6) is -4.40. The van der Waals surface area contributed by atoms with Gasteiger partial charge in [0.15, 0.2) is 17.5 Å². The number of carbonyl (C=O) groups excluding carboxylic acids is 1. The quantitative estimate of drug-likeness (QED) is 0.757. The van der Waals surface area contributed by atoms with E-state index in [1.165, 1.54) is 6.20 Å². The zero-order valence-electron chi connectivity index (χ0n) is 12.1. The Morgan fingerprint density at radius 2 is 1.91 bits per heavy atom. The van der Waals surface area contributed by atoms with Crippen LogP contribution in [0.2, 0.25) is 0 Å². The Morgan fingerprint density at radius 1 is 1.26 bits per heavy atom. The lowest BCUT2D eigenvalue weighted by molar-refractivity contribution is 0.225. The van der Waals surface area contributed by atoms with Gasteiger partial charge in [0.25, 0.3) is 0 Å². The molecule has 5 nitrogen and oxygen atoms in total. The zero-order valence-corrected chi connectivity index (χ0v) is 12.1. The molecule has 0 saturated carbocycles. The summed E-state index contributed by atoms with van der Waals surface area (Å²) in [5, 5.41) is 14.1. The molecule has 1 unspecified atom stereocenters. The number of amides is 2. The number of aromatic nitrogens is 1. The highest BCUT2D eigenvalue weighted by atomic mass is 19.2. The Labute approximate surface area is 130 Å². The van der Waals surface area contributed by atoms with Crippen LogP contribution < -0.4 is 10.6 Å². The summed E-state index contributed by atoms with van der Waals surface area (Å²) in [4.78, 5) is 15.9. The Bertz CT molecular complexity index is 702. The fraction of sp³-hybridized carbons (Fsp3) is 0.200. The van der Waals surface area contributed by atoms with E-state index in [2.05, 4.69) is 15.6 Å². The largest absolute Gasteiger partial charge is 0.394 e. The van der Waals surface area contributed by atoms with Gasteiger partial charge in [0.05, 0.1) is 12.6 Å². The smallest absolute Gasteiger partial charge is 0.319 e. The van der Waals surface area contributed by atoms with Crippen molar-refractivity contribution in [3.8, 4) is 0 Å². The lowest BCUT2D eigenvalue weighted by atomic mass is 10.1. The number of nitrogens with one attached hydrogen (secondary N) is 2. The van der Waals surface area contributed by atoms with Gasteiger partial charge in [-0.25, -0.2) is 18.0 Å². The summed E-state index contributed by atoms with van der Waals surface area (Å²) in [5.41, 5.74) is 1.05. The van der Waals surface area contributed by atoms with Gasteiger partial charge >= 0.3 is 6.03 Å². The topological polar surface area (TPSA) is 74.2 Å². The van der Waals surface area contributed by atoms with Gasteiger partial charge in [-0.1, -0.05) is 0 Å². The number of urea groups is 1. The van der Waals surface area contributed by atoms with Crippen LogP contribution in [0.1, 0.15) is 17.3 Å². The van der Waals surface area contributed by atoms with E-state index in [-0.39, 0.29) is 5.56 Å². The summed E-state index contributed by atoms with van der Waals surface area (Å²) in [6.45, 7) is 1.12. The molecule has 1 heterocycles. The standard InChI is InChI=1S/C15H14F3N3O2/c1-8-4-10(2-3-19-8)20-15(23)21-13(7-22)9-5-11(16)14(18)12(17)6-9/h2-6,13,22H,7H2,1H3,(H2,19,20,21,23). The second-order valence-electron chi connectivity index (χ2n) is 4.82. The van der Waals surface area contributed by atoms with Crippen LogP contribution in [0.15, 0.2) is 30.5 Å². The lowest BCUT2D eigenvalue weighted by Gasteiger charge is -2.17. The molecule has 0 bridgehead atoms. The van der Waals surface area contributed by atoms with Crippen LogP contribution in [0.5, 0.6) is 0 Å². The summed E-state index contributed by atoms with van der Waals surface area (Å²) < 4.78 is 39.4. The van der Waals surface area contributed by atoms with Gasteiger partial charge < -0.3 is 15.7 Å². The van der Waals surface area contributed by atoms with E-state index in [0.29, 0.717) is 11.4 Å². The molecule has 23 heavy (non-hydrogen) atoms. The third kappa shape index (κ3) is 4.19. The summed E-state index contributed by atoms with van der Waals surface area (Å²) in [7, 11) is 0. The Kier molecular flexibility index (Phi) is 5.17. The van der Waals surface area contributed by atoms with E-state index in [1.54, 1.807) is 19.1 Å². The average molecular weight is 325 g/mol. The number of pyridine rings is 1. The van der Waals surface area contributed by atoms with Crippen LogP contribution in [-0.4, -0.2) is 22.7 Å². The molecule has 0 aliphatic carbocycles. The van der Waals surface area contributed by atoms with Gasteiger partial charge in [-0.05, 0) is 36.8 Å². The fourth-order valence-corrected chi connectivity index (χ4v) is 1.96. The minimum absolute atomic E-state index is 0.0926. The second-order valence-corrected chi connectivity index (χ2v) is 4.82. The maximum Gasteiger partial charge on any atom is 0.319 e. The van der Waals surface area contributed by atoms with Gasteiger partial charge in [0.1, 0.15) is 0 Å². The maximum atomic E-state index is 13.2. The predicted molar refractivity (Wildman–Crippen MR) is 77.3 cm³/mol. The molecular weight excluding hydrogens is 311 g/mol. The van der Waals surface area contributed by atoms with Crippen LogP contribution in [0.4, 0.5) is 23.7 Å². The highest BCUT2D eigenvalue weighted by Gasteiger charge is 2.18. The van der Waals surface area contributed by atoms with Crippen LogP contribution in [0.25, 0.3) is 0 Å². The summed E-state index contributed by atoms with van der Waals surface area (Å²) >= 11 is 0. The minimum atomic E-state index is -1.61. The number of anilines is 1. The molecule has 0 fully saturated rings. The van der Waals surface area contributed by atoms with E-state index in [0.717, 1.165) is 12.1 Å². The number of aliphatic hydroxyl groups is 1. The van der Waals surface area contributed by atoms with Crippen molar-refractivity contribution >= 4 is 11.7 Å². The van der Waals surface area contributed by atoms with Gasteiger partial charge in [0.2, 0.25) is 0 Å². The van der Waals surface area contributed by atoms with Crippen molar-refractivity contribution in [1.82, 2.24) is 10.3 Å². The van der Waals surface area contributed by atoms with Crippen molar-refractivity contribution in [3.05, 3.63) is 59.2 Å². The molecule has 1 aromatic heterocycles. The Morgan fingerprint density at radius 3 is 2.48 bits per heavy atom. The molecule has 122 valence electrons. The van der Waals surface area contributed by atoms with E-state index in [1.807, 2.05) is 0 Å². The number of carbonyl (C=O) groups is 1. The normalized spacial score (nSPS) is 11.9. The first-order valence-electron chi connectivity index (χ1n) is 6.66. The van der Waals surface area contributed by atoms with Gasteiger partial charge in [-0.15, -0.1) is 0 Å². The van der Waals surface area contributed by atoms with E-state index >= 15 is 0 Å². The number of halogens is 3. The molecule has 1 atom stereocenters. The first kappa shape index (κ1) is 16.8. The van der Waals surface area contributed by atoms with Crippen LogP contribution in [-0.2, 0) is 0 Å². The van der Waals surface area contributed by atoms with E-state index in [4.69, 9.17) is 0 Å². The molecular formula is C15H14F3N3O2. The maximum absolute atomic E-state index is 13.2. The average Bonchev–Trinajstić information content (AvgIpc) is 2.49. The summed E-state index contributed by atoms with van der Waals surface area (Å²) in [6, 6.07) is 2.82. The zero-order chi connectivity index (χ0) is 17.0. The van der Waals surface area contributed by atoms with Crippen LogP contribution in [0.3, 0.4) is 0 Å². The number of hydrogen-bond donors (Lipinski definition) is 3. The summed E-state index contributed by atoms with van der Waals surface area (Å²) in [6.07, 6.45) is 1.50. The lowest BCUT2D eigenvalue weighted by Crippen LogP contribution is -2.34. The Hall–Kier alpha value is -2.61. The Balaban J connectivity index is 2.11. The van der Waals surface area contributed by atoms with Gasteiger partial charge in [-0.2, -0.15) is 0 Å². The van der Waals surface area contributed by atoms with Crippen molar-refractivity contribution < 1.29 is 23.1 Å². The molecule has 3 N–H and O–H groups in total. The molecule has 0 aliphatic rings. The molecule has 0 aliphatic heterocycles. The molecule has 1 aromatic carbocycles. The number of hydrogen-bond acceptors (Lipinski definition) is 3. The van der Waals surface area contributed by atoms with Gasteiger partial charge in [-0.3, -0.25) is 4.98 Å². The van der Waals surface area contributed by atoms with Crippen molar-refractivity contribution in [3.63, 3.8) is 0 Å².